The standard InChI is InChI=1S/C12H17N3O/c1-15-8-7-14-12(15)11-4-2-10(3-5-11)6-9-16-13/h2-5H,6-9,13H2,1H3. The molecule has 1 heterocycles. The van der Waals surface area contributed by atoms with E-state index in [1.54, 1.807) is 0 Å². The molecule has 0 fully saturated rings. The normalized spacial score (nSPS) is 15.4. The summed E-state index contributed by atoms with van der Waals surface area (Å²) in [5, 5.41) is 0. The minimum atomic E-state index is 0.556. The zero-order valence-corrected chi connectivity index (χ0v) is 9.52. The summed E-state index contributed by atoms with van der Waals surface area (Å²) in [7, 11) is 2.07. The van der Waals surface area contributed by atoms with E-state index in [9.17, 15) is 0 Å². The second-order valence-corrected chi connectivity index (χ2v) is 3.94. The van der Waals surface area contributed by atoms with E-state index >= 15 is 0 Å². The van der Waals surface area contributed by atoms with E-state index in [1.165, 1.54) is 11.1 Å². The van der Waals surface area contributed by atoms with Crippen molar-refractivity contribution in [2.45, 2.75) is 6.42 Å². The number of amidine groups is 1. The Hall–Kier alpha value is -1.39. The maximum Gasteiger partial charge on any atom is 0.130 e. The van der Waals surface area contributed by atoms with Gasteiger partial charge in [-0.05, 0) is 12.0 Å². The van der Waals surface area contributed by atoms with E-state index in [0.29, 0.717) is 6.61 Å². The lowest BCUT2D eigenvalue weighted by Gasteiger charge is -2.13. The van der Waals surface area contributed by atoms with Crippen LogP contribution in [0.3, 0.4) is 0 Å². The van der Waals surface area contributed by atoms with E-state index in [2.05, 4.69) is 46.0 Å². The molecule has 1 aromatic carbocycles. The first-order valence-corrected chi connectivity index (χ1v) is 5.48. The Balaban J connectivity index is 2.07. The summed E-state index contributed by atoms with van der Waals surface area (Å²) in [6.45, 7) is 2.47. The summed E-state index contributed by atoms with van der Waals surface area (Å²) in [6, 6.07) is 8.41. The lowest BCUT2D eigenvalue weighted by molar-refractivity contribution is 0.141. The van der Waals surface area contributed by atoms with Gasteiger partial charge < -0.3 is 9.74 Å². The summed E-state index contributed by atoms with van der Waals surface area (Å²) in [6.07, 6.45) is 0.846. The molecule has 0 bridgehead atoms. The molecule has 0 amide bonds. The van der Waals surface area contributed by atoms with Gasteiger partial charge in [-0.2, -0.15) is 0 Å². The van der Waals surface area contributed by atoms with Gasteiger partial charge in [-0.1, -0.05) is 24.3 Å². The molecule has 1 aliphatic rings. The SMILES string of the molecule is CN1CCN=C1c1ccc(CCON)cc1. The van der Waals surface area contributed by atoms with E-state index in [-0.39, 0.29) is 0 Å². The zero-order chi connectivity index (χ0) is 11.4. The number of nitrogens with two attached hydrogens (primary N) is 1. The Labute approximate surface area is 95.7 Å². The van der Waals surface area contributed by atoms with Crippen LogP contribution in [0.15, 0.2) is 29.3 Å². The van der Waals surface area contributed by atoms with Gasteiger partial charge >= 0.3 is 0 Å². The smallest absolute Gasteiger partial charge is 0.130 e. The van der Waals surface area contributed by atoms with Crippen LogP contribution < -0.4 is 5.90 Å². The third-order valence-electron chi connectivity index (χ3n) is 2.78. The van der Waals surface area contributed by atoms with E-state index in [0.717, 1.165) is 25.3 Å². The molecule has 0 aromatic heterocycles. The molecule has 0 atom stereocenters. The Morgan fingerprint density at radius 3 is 2.69 bits per heavy atom. The molecule has 2 N–H and O–H groups in total. The van der Waals surface area contributed by atoms with E-state index in [1.807, 2.05) is 0 Å². The fourth-order valence-corrected chi connectivity index (χ4v) is 1.84. The molecule has 1 aliphatic heterocycles. The topological polar surface area (TPSA) is 50.8 Å². The highest BCUT2D eigenvalue weighted by atomic mass is 16.6. The van der Waals surface area contributed by atoms with Crippen LogP contribution in [-0.2, 0) is 11.3 Å². The lowest BCUT2D eigenvalue weighted by atomic mass is 10.1. The van der Waals surface area contributed by atoms with Crippen LogP contribution in [0.5, 0.6) is 0 Å². The number of hydrogen-bond donors (Lipinski definition) is 1. The Bertz CT molecular complexity index is 372. The Morgan fingerprint density at radius 2 is 2.12 bits per heavy atom. The molecule has 0 radical (unpaired) electrons. The number of hydrogen-bond acceptors (Lipinski definition) is 4. The van der Waals surface area contributed by atoms with Gasteiger partial charge in [0, 0.05) is 19.2 Å². The van der Waals surface area contributed by atoms with Crippen molar-refractivity contribution in [1.82, 2.24) is 4.90 Å². The van der Waals surface area contributed by atoms with Crippen molar-refractivity contribution in [2.75, 3.05) is 26.7 Å². The van der Waals surface area contributed by atoms with Crippen molar-refractivity contribution in [3.63, 3.8) is 0 Å². The third-order valence-corrected chi connectivity index (χ3v) is 2.78. The van der Waals surface area contributed by atoms with Gasteiger partial charge in [0.2, 0.25) is 0 Å². The Kier molecular flexibility index (Phi) is 3.54. The van der Waals surface area contributed by atoms with Crippen molar-refractivity contribution in [3.8, 4) is 0 Å². The van der Waals surface area contributed by atoms with Crippen LogP contribution in [-0.4, -0.2) is 37.5 Å². The predicted octanol–water partition coefficient (Wildman–Crippen LogP) is 0.811. The highest BCUT2D eigenvalue weighted by Gasteiger charge is 2.13. The number of rotatable bonds is 4. The van der Waals surface area contributed by atoms with E-state index in [4.69, 9.17) is 5.90 Å². The third kappa shape index (κ3) is 2.40. The number of likely N-dealkylation sites (N-methyl/N-ethyl adjacent to an activating group) is 1. The highest BCUT2D eigenvalue weighted by Crippen LogP contribution is 2.11. The summed E-state index contributed by atoms with van der Waals surface area (Å²) in [4.78, 5) is 11.2. The molecule has 4 heteroatoms. The zero-order valence-electron chi connectivity index (χ0n) is 9.52. The molecule has 4 nitrogen and oxygen atoms in total. The van der Waals surface area contributed by atoms with Crippen molar-refractivity contribution in [2.24, 2.45) is 10.9 Å². The lowest BCUT2D eigenvalue weighted by Crippen LogP contribution is -2.23. The summed E-state index contributed by atoms with van der Waals surface area (Å²) in [5.74, 6) is 6.08. The van der Waals surface area contributed by atoms with Gasteiger partial charge in [-0.3, -0.25) is 4.99 Å². The number of nitrogens with zero attached hydrogens (tertiary/aromatic N) is 2. The predicted molar refractivity (Wildman–Crippen MR) is 64.3 cm³/mol. The Morgan fingerprint density at radius 1 is 1.38 bits per heavy atom. The molecular formula is C12H17N3O. The average Bonchev–Trinajstić information content (AvgIpc) is 2.74. The van der Waals surface area contributed by atoms with Crippen LogP contribution in [0.4, 0.5) is 0 Å². The summed E-state index contributed by atoms with van der Waals surface area (Å²) in [5.41, 5.74) is 2.41. The first-order chi connectivity index (χ1) is 7.81. The molecule has 0 saturated carbocycles. The molecule has 1 aromatic rings. The minimum Gasteiger partial charge on any atom is -0.358 e. The van der Waals surface area contributed by atoms with Gasteiger partial charge in [-0.15, -0.1) is 0 Å². The van der Waals surface area contributed by atoms with Gasteiger partial charge in [0.25, 0.3) is 0 Å². The highest BCUT2D eigenvalue weighted by molar-refractivity contribution is 5.99. The maximum atomic E-state index is 5.00. The fraction of sp³-hybridized carbons (Fsp3) is 0.417. The van der Waals surface area contributed by atoms with Crippen LogP contribution in [0.2, 0.25) is 0 Å². The number of aliphatic imine (C=N–C) groups is 1. The van der Waals surface area contributed by atoms with Crippen molar-refractivity contribution >= 4 is 5.84 Å². The van der Waals surface area contributed by atoms with Gasteiger partial charge in [-0.25, -0.2) is 5.90 Å². The van der Waals surface area contributed by atoms with Crippen LogP contribution in [0, 0.1) is 0 Å². The largest absolute Gasteiger partial charge is 0.358 e. The first-order valence-electron chi connectivity index (χ1n) is 5.48. The van der Waals surface area contributed by atoms with Gasteiger partial charge in [0.15, 0.2) is 0 Å². The monoisotopic (exact) mass is 219 g/mol. The second-order valence-electron chi connectivity index (χ2n) is 3.94. The molecule has 0 unspecified atom stereocenters. The first kappa shape index (κ1) is 11.1. The van der Waals surface area contributed by atoms with Crippen molar-refractivity contribution in [1.29, 1.82) is 0 Å². The van der Waals surface area contributed by atoms with Crippen LogP contribution in [0.1, 0.15) is 11.1 Å². The minimum absolute atomic E-state index is 0.556. The maximum absolute atomic E-state index is 5.00. The molecule has 2 rings (SSSR count). The van der Waals surface area contributed by atoms with Gasteiger partial charge in [0.1, 0.15) is 5.84 Å². The van der Waals surface area contributed by atoms with Crippen molar-refractivity contribution in [3.05, 3.63) is 35.4 Å². The molecular weight excluding hydrogens is 202 g/mol. The quantitative estimate of drug-likeness (QED) is 0.762. The molecule has 0 aliphatic carbocycles. The molecule has 0 saturated heterocycles. The number of benzene rings is 1. The molecule has 0 spiro atoms. The second kappa shape index (κ2) is 5.09. The van der Waals surface area contributed by atoms with Gasteiger partial charge in [0.05, 0.1) is 13.2 Å². The fourth-order valence-electron chi connectivity index (χ4n) is 1.84. The average molecular weight is 219 g/mol. The summed E-state index contributed by atoms with van der Waals surface area (Å²) >= 11 is 0. The van der Waals surface area contributed by atoms with E-state index < -0.39 is 0 Å². The molecule has 16 heavy (non-hydrogen) atoms. The summed E-state index contributed by atoms with van der Waals surface area (Å²) < 4.78 is 0. The molecule has 86 valence electrons. The van der Waals surface area contributed by atoms with Crippen LogP contribution in [0.25, 0.3) is 0 Å². The van der Waals surface area contributed by atoms with Crippen molar-refractivity contribution < 1.29 is 4.84 Å². The van der Waals surface area contributed by atoms with Crippen LogP contribution >= 0.6 is 0 Å².